The van der Waals surface area contributed by atoms with Crippen LogP contribution in [0, 0.1) is 6.92 Å². The topological polar surface area (TPSA) is 94.0 Å². The largest absolute Gasteiger partial charge is 0.478 e. The number of nitrogens with zero attached hydrogens (tertiary/aromatic N) is 4. The third kappa shape index (κ3) is 2.26. The van der Waals surface area contributed by atoms with E-state index >= 15 is 0 Å². The predicted octanol–water partition coefficient (Wildman–Crippen LogP) is 2.04. The second kappa shape index (κ2) is 5.01. The van der Waals surface area contributed by atoms with Crippen molar-refractivity contribution in [2.75, 3.05) is 0 Å². The van der Waals surface area contributed by atoms with Crippen LogP contribution in [0.15, 0.2) is 22.7 Å². The van der Waals surface area contributed by atoms with E-state index in [0.29, 0.717) is 35.7 Å². The lowest BCUT2D eigenvalue weighted by Gasteiger charge is -2.06. The number of hydrogen-bond donors (Lipinski definition) is 1. The summed E-state index contributed by atoms with van der Waals surface area (Å²) >= 11 is 0. The summed E-state index contributed by atoms with van der Waals surface area (Å²) in [6.45, 7) is 4.02. The molecule has 7 heteroatoms. The van der Waals surface area contributed by atoms with Gasteiger partial charge in [0.25, 0.3) is 0 Å². The van der Waals surface area contributed by atoms with Gasteiger partial charge in [0.2, 0.25) is 5.89 Å². The number of carboxylic acids is 1. The van der Waals surface area contributed by atoms with E-state index in [0.717, 1.165) is 5.82 Å². The number of benzene rings is 1. The Hall–Kier alpha value is -2.70. The van der Waals surface area contributed by atoms with E-state index in [-0.39, 0.29) is 5.56 Å². The van der Waals surface area contributed by atoms with Crippen molar-refractivity contribution in [3.05, 3.63) is 41.3 Å². The fourth-order valence-corrected chi connectivity index (χ4v) is 2.39. The Morgan fingerprint density at radius 1 is 1.38 bits per heavy atom. The zero-order valence-corrected chi connectivity index (χ0v) is 11.7. The molecule has 0 aliphatic rings. The summed E-state index contributed by atoms with van der Waals surface area (Å²) in [6.07, 6.45) is 0.681. The number of imidazole rings is 1. The maximum atomic E-state index is 11.4. The lowest BCUT2D eigenvalue weighted by atomic mass is 10.2. The maximum Gasteiger partial charge on any atom is 0.337 e. The summed E-state index contributed by atoms with van der Waals surface area (Å²) in [6, 6.07) is 5.07. The van der Waals surface area contributed by atoms with E-state index in [4.69, 9.17) is 4.52 Å². The molecule has 0 spiro atoms. The molecule has 3 aromatic rings. The molecule has 0 bridgehead atoms. The minimum Gasteiger partial charge on any atom is -0.478 e. The number of hydrogen-bond acceptors (Lipinski definition) is 5. The summed E-state index contributed by atoms with van der Waals surface area (Å²) in [5.74, 6) is 0.785. The molecule has 3 rings (SSSR count). The molecule has 0 aliphatic carbocycles. The van der Waals surface area contributed by atoms with Crippen molar-refractivity contribution < 1.29 is 14.4 Å². The van der Waals surface area contributed by atoms with Crippen LogP contribution in [0.25, 0.3) is 11.0 Å². The number of fused-ring (bicyclic) bond motifs is 1. The van der Waals surface area contributed by atoms with Gasteiger partial charge in [0, 0.05) is 6.42 Å². The quantitative estimate of drug-likeness (QED) is 0.788. The van der Waals surface area contributed by atoms with Gasteiger partial charge in [-0.1, -0.05) is 18.1 Å². The second-order valence-corrected chi connectivity index (χ2v) is 4.68. The highest BCUT2D eigenvalue weighted by Crippen LogP contribution is 2.22. The normalized spacial score (nSPS) is 11.1. The minimum absolute atomic E-state index is 0.218. The van der Waals surface area contributed by atoms with Crippen molar-refractivity contribution in [3.63, 3.8) is 0 Å². The average Bonchev–Trinajstić information content (AvgIpc) is 3.03. The molecule has 0 aliphatic heterocycles. The molecule has 0 atom stereocenters. The lowest BCUT2D eigenvalue weighted by molar-refractivity contribution is 0.0698. The molecule has 2 heterocycles. The van der Waals surface area contributed by atoms with Crippen molar-refractivity contribution in [3.8, 4) is 0 Å². The first-order valence-corrected chi connectivity index (χ1v) is 6.60. The summed E-state index contributed by atoms with van der Waals surface area (Å²) in [5, 5.41) is 13.1. The highest BCUT2D eigenvalue weighted by atomic mass is 16.5. The van der Waals surface area contributed by atoms with Crippen molar-refractivity contribution in [1.82, 2.24) is 19.7 Å². The number of aromatic carboxylic acids is 1. The van der Waals surface area contributed by atoms with Gasteiger partial charge in [0.1, 0.15) is 12.4 Å². The minimum atomic E-state index is -0.980. The standard InChI is InChI=1S/C14H14N4O3/c1-3-11-16-10-6-4-5-9(14(19)20)13(10)18(11)7-12-15-8(2)17-21-12/h4-6H,3,7H2,1-2H3,(H,19,20). The van der Waals surface area contributed by atoms with E-state index < -0.39 is 5.97 Å². The first-order valence-electron chi connectivity index (χ1n) is 6.60. The zero-order valence-electron chi connectivity index (χ0n) is 11.7. The number of aromatic nitrogens is 4. The Morgan fingerprint density at radius 2 is 2.19 bits per heavy atom. The van der Waals surface area contributed by atoms with E-state index in [2.05, 4.69) is 15.1 Å². The number of aryl methyl sites for hydroxylation is 2. The van der Waals surface area contributed by atoms with Gasteiger partial charge in [-0.25, -0.2) is 9.78 Å². The molecular formula is C14H14N4O3. The SMILES string of the molecule is CCc1nc2cccc(C(=O)O)c2n1Cc1nc(C)no1. The molecule has 0 saturated heterocycles. The van der Waals surface area contributed by atoms with Gasteiger partial charge in [-0.2, -0.15) is 4.98 Å². The van der Waals surface area contributed by atoms with Gasteiger partial charge < -0.3 is 14.2 Å². The van der Waals surface area contributed by atoms with Gasteiger partial charge in [-0.05, 0) is 19.1 Å². The van der Waals surface area contributed by atoms with Gasteiger partial charge in [-0.3, -0.25) is 0 Å². The van der Waals surface area contributed by atoms with E-state index in [1.807, 2.05) is 11.5 Å². The van der Waals surface area contributed by atoms with Gasteiger partial charge in [0.15, 0.2) is 5.82 Å². The second-order valence-electron chi connectivity index (χ2n) is 4.68. The van der Waals surface area contributed by atoms with E-state index in [1.54, 1.807) is 25.1 Å². The predicted molar refractivity (Wildman–Crippen MR) is 74.2 cm³/mol. The molecule has 0 radical (unpaired) electrons. The molecule has 1 aromatic carbocycles. The van der Waals surface area contributed by atoms with Crippen molar-refractivity contribution >= 4 is 17.0 Å². The Labute approximate surface area is 120 Å². The first kappa shape index (κ1) is 13.3. The molecule has 1 N–H and O–H groups in total. The Kier molecular flexibility index (Phi) is 3.17. The molecular weight excluding hydrogens is 272 g/mol. The van der Waals surface area contributed by atoms with Crippen LogP contribution in [0.3, 0.4) is 0 Å². The summed E-state index contributed by atoms with van der Waals surface area (Å²) in [4.78, 5) is 20.1. The number of carbonyl (C=O) groups is 1. The van der Waals surface area contributed by atoms with Gasteiger partial charge in [0.05, 0.1) is 16.6 Å². The summed E-state index contributed by atoms with van der Waals surface area (Å²) < 4.78 is 6.95. The molecule has 7 nitrogen and oxygen atoms in total. The maximum absolute atomic E-state index is 11.4. The number of rotatable bonds is 4. The van der Waals surface area contributed by atoms with Crippen LogP contribution in [0.4, 0.5) is 0 Å². The Bertz CT molecular complexity index is 819. The van der Waals surface area contributed by atoms with Crippen molar-refractivity contribution in [2.24, 2.45) is 0 Å². The molecule has 0 unspecified atom stereocenters. The molecule has 0 fully saturated rings. The van der Waals surface area contributed by atoms with Crippen LogP contribution >= 0.6 is 0 Å². The molecule has 108 valence electrons. The number of carboxylic acid groups (broad SMARTS) is 1. The Balaban J connectivity index is 2.20. The third-order valence-electron chi connectivity index (χ3n) is 3.26. The van der Waals surface area contributed by atoms with Crippen LogP contribution in [-0.2, 0) is 13.0 Å². The van der Waals surface area contributed by atoms with Crippen LogP contribution in [-0.4, -0.2) is 30.8 Å². The number of para-hydroxylation sites is 1. The smallest absolute Gasteiger partial charge is 0.337 e. The van der Waals surface area contributed by atoms with Crippen LogP contribution < -0.4 is 0 Å². The third-order valence-corrected chi connectivity index (χ3v) is 3.26. The highest BCUT2D eigenvalue weighted by Gasteiger charge is 2.18. The fourth-order valence-electron chi connectivity index (χ4n) is 2.39. The highest BCUT2D eigenvalue weighted by molar-refractivity contribution is 6.01. The average molecular weight is 286 g/mol. The van der Waals surface area contributed by atoms with Gasteiger partial charge in [-0.15, -0.1) is 0 Å². The Morgan fingerprint density at radius 3 is 2.81 bits per heavy atom. The van der Waals surface area contributed by atoms with Crippen LogP contribution in [0.2, 0.25) is 0 Å². The first-order chi connectivity index (χ1) is 10.1. The molecule has 0 saturated carbocycles. The molecule has 0 amide bonds. The summed E-state index contributed by atoms with van der Waals surface area (Å²) in [5.41, 5.74) is 1.46. The summed E-state index contributed by atoms with van der Waals surface area (Å²) in [7, 11) is 0. The monoisotopic (exact) mass is 286 g/mol. The zero-order chi connectivity index (χ0) is 15.0. The van der Waals surface area contributed by atoms with Crippen molar-refractivity contribution in [2.45, 2.75) is 26.8 Å². The lowest BCUT2D eigenvalue weighted by Crippen LogP contribution is -2.08. The van der Waals surface area contributed by atoms with E-state index in [1.165, 1.54) is 0 Å². The van der Waals surface area contributed by atoms with Crippen molar-refractivity contribution in [1.29, 1.82) is 0 Å². The van der Waals surface area contributed by atoms with Crippen LogP contribution in [0.1, 0.15) is 34.8 Å². The van der Waals surface area contributed by atoms with E-state index in [9.17, 15) is 9.90 Å². The van der Waals surface area contributed by atoms with Crippen LogP contribution in [0.5, 0.6) is 0 Å². The van der Waals surface area contributed by atoms with Gasteiger partial charge >= 0.3 is 5.97 Å². The fraction of sp³-hybridized carbons (Fsp3) is 0.286. The molecule has 2 aromatic heterocycles. The molecule has 21 heavy (non-hydrogen) atoms.